The van der Waals surface area contributed by atoms with Gasteiger partial charge in [0, 0.05) is 19.2 Å². The van der Waals surface area contributed by atoms with E-state index >= 15 is 0 Å². The predicted molar refractivity (Wildman–Crippen MR) is 98.1 cm³/mol. The third kappa shape index (κ3) is 5.21. The number of carboxylic acids is 1. The van der Waals surface area contributed by atoms with Gasteiger partial charge in [0.05, 0.1) is 8.95 Å². The molecule has 24 heavy (non-hydrogen) atoms. The van der Waals surface area contributed by atoms with Crippen LogP contribution >= 0.6 is 31.9 Å². The lowest BCUT2D eigenvalue weighted by atomic mass is 10.1. The number of benzene rings is 2. The van der Waals surface area contributed by atoms with E-state index in [1.807, 2.05) is 18.2 Å². The highest BCUT2D eigenvalue weighted by atomic mass is 79.9. The van der Waals surface area contributed by atoms with Gasteiger partial charge in [0.2, 0.25) is 0 Å². The van der Waals surface area contributed by atoms with Crippen LogP contribution < -0.4 is 10.1 Å². The fourth-order valence-electron chi connectivity index (χ4n) is 2.18. The van der Waals surface area contributed by atoms with E-state index in [9.17, 15) is 9.18 Å². The van der Waals surface area contributed by atoms with Crippen LogP contribution in [0.2, 0.25) is 0 Å². The quantitative estimate of drug-likeness (QED) is 0.611. The predicted octanol–water partition coefficient (Wildman–Crippen LogP) is 4.99. The van der Waals surface area contributed by atoms with E-state index in [0.717, 1.165) is 5.56 Å². The number of rotatable bonds is 7. The molecule has 0 aliphatic carbocycles. The summed E-state index contributed by atoms with van der Waals surface area (Å²) >= 11 is 6.86. The van der Waals surface area contributed by atoms with Gasteiger partial charge in [0.15, 0.2) is 0 Å². The average molecular weight is 461 g/mol. The summed E-state index contributed by atoms with van der Waals surface area (Å²) in [5.74, 6) is -0.582. The molecule has 0 spiro atoms. The minimum Gasteiger partial charge on any atom is -0.487 e. The highest BCUT2D eigenvalue weighted by Crippen LogP contribution is 2.35. The maximum atomic E-state index is 13.5. The Labute approximate surface area is 156 Å². The first kappa shape index (κ1) is 18.7. The smallest absolute Gasteiger partial charge is 0.303 e. The monoisotopic (exact) mass is 459 g/mol. The molecule has 0 heterocycles. The maximum absolute atomic E-state index is 13.5. The molecular formula is C17H16Br2FNO3. The topological polar surface area (TPSA) is 58.6 Å². The maximum Gasteiger partial charge on any atom is 0.303 e. The minimum atomic E-state index is -0.839. The van der Waals surface area contributed by atoms with E-state index in [-0.39, 0.29) is 18.8 Å². The fourth-order valence-corrected chi connectivity index (χ4v) is 3.69. The average Bonchev–Trinajstić information content (AvgIpc) is 2.51. The Morgan fingerprint density at radius 1 is 1.17 bits per heavy atom. The molecule has 2 rings (SSSR count). The zero-order chi connectivity index (χ0) is 17.7. The molecule has 0 aliphatic rings. The molecule has 128 valence electrons. The summed E-state index contributed by atoms with van der Waals surface area (Å²) in [5, 5.41) is 11.7. The van der Waals surface area contributed by atoms with E-state index in [2.05, 4.69) is 37.2 Å². The zero-order valence-electron chi connectivity index (χ0n) is 12.9. The summed E-state index contributed by atoms with van der Waals surface area (Å²) < 4.78 is 20.7. The number of carboxylic acid groups (broad SMARTS) is 1. The number of nitrogens with one attached hydrogen (secondary N) is 1. The van der Waals surface area contributed by atoms with Crippen molar-refractivity contribution in [3.05, 3.63) is 56.2 Å². The van der Waals surface area contributed by atoms with Gasteiger partial charge >= 0.3 is 5.97 Å². The number of hydrogen-bond acceptors (Lipinski definition) is 3. The SMILES string of the molecule is CNc1cc(F)cc(COc2c(Br)cc(CCC(=O)O)cc2Br)c1. The van der Waals surface area contributed by atoms with Crippen molar-refractivity contribution in [2.75, 3.05) is 12.4 Å². The molecule has 0 bridgehead atoms. The summed E-state index contributed by atoms with van der Waals surface area (Å²) in [6, 6.07) is 8.30. The van der Waals surface area contributed by atoms with Crippen molar-refractivity contribution in [3.63, 3.8) is 0 Å². The van der Waals surface area contributed by atoms with Gasteiger partial charge in [-0.15, -0.1) is 0 Å². The van der Waals surface area contributed by atoms with Crippen molar-refractivity contribution < 1.29 is 19.0 Å². The summed E-state index contributed by atoms with van der Waals surface area (Å²) in [6.45, 7) is 0.206. The van der Waals surface area contributed by atoms with Crippen LogP contribution in [0.3, 0.4) is 0 Å². The van der Waals surface area contributed by atoms with E-state index in [1.165, 1.54) is 12.1 Å². The van der Waals surface area contributed by atoms with Crippen LogP contribution in [0.5, 0.6) is 5.75 Å². The molecule has 4 nitrogen and oxygen atoms in total. The van der Waals surface area contributed by atoms with Gasteiger partial charge in [-0.05, 0) is 79.7 Å². The van der Waals surface area contributed by atoms with Crippen LogP contribution in [0.15, 0.2) is 39.3 Å². The van der Waals surface area contributed by atoms with E-state index in [0.29, 0.717) is 32.4 Å². The number of ether oxygens (including phenoxy) is 1. The van der Waals surface area contributed by atoms with Gasteiger partial charge in [-0.2, -0.15) is 0 Å². The van der Waals surface area contributed by atoms with E-state index < -0.39 is 5.97 Å². The van der Waals surface area contributed by atoms with Crippen molar-refractivity contribution in [1.82, 2.24) is 0 Å². The lowest BCUT2D eigenvalue weighted by molar-refractivity contribution is -0.136. The molecule has 0 unspecified atom stereocenters. The van der Waals surface area contributed by atoms with Crippen molar-refractivity contribution in [2.45, 2.75) is 19.4 Å². The zero-order valence-corrected chi connectivity index (χ0v) is 16.1. The summed E-state index contributed by atoms with van der Waals surface area (Å²) in [5.41, 5.74) is 2.26. The highest BCUT2D eigenvalue weighted by molar-refractivity contribution is 9.11. The first-order valence-electron chi connectivity index (χ1n) is 7.18. The largest absolute Gasteiger partial charge is 0.487 e. The van der Waals surface area contributed by atoms with Crippen LogP contribution in [0.1, 0.15) is 17.5 Å². The Hall–Kier alpha value is -1.60. The number of halogens is 3. The van der Waals surface area contributed by atoms with Crippen LogP contribution in [-0.4, -0.2) is 18.1 Å². The molecule has 0 atom stereocenters. The first-order chi connectivity index (χ1) is 11.4. The van der Waals surface area contributed by atoms with Crippen LogP contribution in [0, 0.1) is 5.82 Å². The molecular weight excluding hydrogens is 445 g/mol. The molecule has 0 aliphatic heterocycles. The van der Waals surface area contributed by atoms with Crippen molar-refractivity contribution >= 4 is 43.5 Å². The summed E-state index contributed by atoms with van der Waals surface area (Å²) in [7, 11) is 1.72. The van der Waals surface area contributed by atoms with Crippen LogP contribution in [0.4, 0.5) is 10.1 Å². The van der Waals surface area contributed by atoms with Gasteiger partial charge in [-0.25, -0.2) is 4.39 Å². The van der Waals surface area contributed by atoms with Gasteiger partial charge in [-0.1, -0.05) is 0 Å². The minimum absolute atomic E-state index is 0.0647. The molecule has 0 radical (unpaired) electrons. The second-order valence-corrected chi connectivity index (χ2v) is 6.88. The standard InChI is InChI=1S/C17H16Br2FNO3/c1-21-13-5-11(4-12(20)8-13)9-24-17-14(18)6-10(7-15(17)19)2-3-16(22)23/h4-8,21H,2-3,9H2,1H3,(H,22,23). The highest BCUT2D eigenvalue weighted by Gasteiger charge is 2.11. The van der Waals surface area contributed by atoms with Crippen LogP contribution in [0.25, 0.3) is 0 Å². The molecule has 2 aromatic rings. The third-order valence-corrected chi connectivity index (χ3v) is 4.49. The second kappa shape index (κ2) is 8.48. The molecule has 7 heteroatoms. The van der Waals surface area contributed by atoms with Crippen molar-refractivity contribution in [3.8, 4) is 5.75 Å². The third-order valence-electron chi connectivity index (χ3n) is 3.32. The number of anilines is 1. The summed E-state index contributed by atoms with van der Waals surface area (Å²) in [6.07, 6.45) is 0.497. The van der Waals surface area contributed by atoms with Gasteiger partial charge in [-0.3, -0.25) is 4.79 Å². The molecule has 0 amide bonds. The molecule has 2 N–H and O–H groups in total. The first-order valence-corrected chi connectivity index (χ1v) is 8.77. The lowest BCUT2D eigenvalue weighted by Gasteiger charge is -2.13. The van der Waals surface area contributed by atoms with Crippen LogP contribution in [-0.2, 0) is 17.8 Å². The number of aliphatic carboxylic acids is 1. The Kier molecular flexibility index (Phi) is 6.62. The Bertz CT molecular complexity index is 730. The van der Waals surface area contributed by atoms with E-state index in [4.69, 9.17) is 9.84 Å². The second-order valence-electron chi connectivity index (χ2n) is 5.17. The fraction of sp³-hybridized carbons (Fsp3) is 0.235. The van der Waals surface area contributed by atoms with E-state index in [1.54, 1.807) is 7.05 Å². The normalized spacial score (nSPS) is 10.5. The molecule has 0 saturated heterocycles. The molecule has 2 aromatic carbocycles. The Morgan fingerprint density at radius 3 is 2.42 bits per heavy atom. The molecule has 0 saturated carbocycles. The van der Waals surface area contributed by atoms with Crippen molar-refractivity contribution in [1.29, 1.82) is 0 Å². The molecule has 0 fully saturated rings. The molecule has 0 aromatic heterocycles. The van der Waals surface area contributed by atoms with Crippen molar-refractivity contribution in [2.24, 2.45) is 0 Å². The van der Waals surface area contributed by atoms with Gasteiger partial charge in [0.25, 0.3) is 0 Å². The van der Waals surface area contributed by atoms with Gasteiger partial charge < -0.3 is 15.2 Å². The number of aryl methyl sites for hydroxylation is 1. The lowest BCUT2D eigenvalue weighted by Crippen LogP contribution is -2.01. The number of hydrogen-bond donors (Lipinski definition) is 2. The Balaban J connectivity index is 2.12. The number of carbonyl (C=O) groups is 1. The van der Waals surface area contributed by atoms with Gasteiger partial charge in [0.1, 0.15) is 18.2 Å². The Morgan fingerprint density at radius 2 is 1.83 bits per heavy atom. The summed E-state index contributed by atoms with van der Waals surface area (Å²) in [4.78, 5) is 10.7.